The van der Waals surface area contributed by atoms with Gasteiger partial charge in [0.25, 0.3) is 0 Å². The molecule has 3 nitrogen and oxygen atoms in total. The molecule has 0 saturated heterocycles. The van der Waals surface area contributed by atoms with Crippen LogP contribution in [0.15, 0.2) is 121 Å². The zero-order valence-electron chi connectivity index (χ0n) is 19.9. The Morgan fingerprint density at radius 1 is 0.568 bits per heavy atom. The fourth-order valence-electron chi connectivity index (χ4n) is 5.92. The largest absolute Gasteiger partial charge is 0.376 e. The molecule has 8 rings (SSSR count). The fourth-order valence-corrected chi connectivity index (χ4v) is 6.56. The van der Waals surface area contributed by atoms with E-state index in [1.165, 1.54) is 44.6 Å². The Labute approximate surface area is 219 Å². The highest BCUT2D eigenvalue weighted by Gasteiger charge is 2.42. The molecule has 0 aliphatic carbocycles. The third kappa shape index (κ3) is 3.08. The number of thiazole rings is 1. The van der Waals surface area contributed by atoms with Gasteiger partial charge in [-0.2, -0.15) is 0 Å². The summed E-state index contributed by atoms with van der Waals surface area (Å²) in [4.78, 5) is 11.8. The van der Waals surface area contributed by atoms with Gasteiger partial charge in [-0.1, -0.05) is 78.9 Å². The standard InChI is InChI=1S/C32H20BN3S/c1-3-9-27-23(7-1)25-14-12-21(29-11-5-6-16-34-29)19-30(25)36-31-20-22(32-35-17-18-37-32)13-15-26(31)24-8-2-4-10-28(24)33(27)36/h1-20H. The van der Waals surface area contributed by atoms with Crippen LogP contribution in [0.4, 0.5) is 11.4 Å². The van der Waals surface area contributed by atoms with E-state index in [0.29, 0.717) is 0 Å². The molecule has 2 aromatic heterocycles. The molecule has 2 aliphatic heterocycles. The van der Waals surface area contributed by atoms with E-state index in [0.717, 1.165) is 21.8 Å². The minimum atomic E-state index is 0.0814. The molecule has 37 heavy (non-hydrogen) atoms. The van der Waals surface area contributed by atoms with Gasteiger partial charge >= 0.3 is 6.85 Å². The van der Waals surface area contributed by atoms with E-state index in [1.54, 1.807) is 11.3 Å². The van der Waals surface area contributed by atoms with Crippen molar-refractivity contribution in [3.05, 3.63) is 121 Å². The number of aromatic nitrogens is 2. The number of anilines is 2. The smallest absolute Gasteiger partial charge is 0.329 e. The predicted molar refractivity (Wildman–Crippen MR) is 155 cm³/mol. The molecule has 0 radical (unpaired) electrons. The van der Waals surface area contributed by atoms with E-state index >= 15 is 0 Å². The normalized spacial score (nSPS) is 12.8. The summed E-state index contributed by atoms with van der Waals surface area (Å²) in [5, 5.41) is 3.08. The first-order valence-electron chi connectivity index (χ1n) is 12.4. The molecule has 0 bridgehead atoms. The maximum Gasteiger partial charge on any atom is 0.329 e. The highest BCUT2D eigenvalue weighted by Crippen LogP contribution is 2.47. The van der Waals surface area contributed by atoms with Crippen LogP contribution in [0, 0.1) is 0 Å². The van der Waals surface area contributed by atoms with Crippen molar-refractivity contribution in [1.29, 1.82) is 0 Å². The molecule has 5 heteroatoms. The number of hydrogen-bond donors (Lipinski definition) is 0. The molecule has 0 fully saturated rings. The summed E-state index contributed by atoms with van der Waals surface area (Å²) in [6, 6.07) is 37.4. The summed E-state index contributed by atoms with van der Waals surface area (Å²) in [7, 11) is 0. The van der Waals surface area contributed by atoms with Gasteiger partial charge in [0.1, 0.15) is 5.01 Å². The molecule has 0 unspecified atom stereocenters. The summed E-state index contributed by atoms with van der Waals surface area (Å²) in [5.74, 6) is 0. The molecular weight excluding hydrogens is 469 g/mol. The van der Waals surface area contributed by atoms with Crippen molar-refractivity contribution in [2.75, 3.05) is 4.81 Å². The zero-order valence-corrected chi connectivity index (χ0v) is 20.7. The molecule has 0 amide bonds. The van der Waals surface area contributed by atoms with Crippen molar-refractivity contribution < 1.29 is 0 Å². The molecule has 4 aromatic carbocycles. The van der Waals surface area contributed by atoms with Gasteiger partial charge in [-0.15, -0.1) is 11.3 Å². The van der Waals surface area contributed by atoms with E-state index in [2.05, 4.69) is 106 Å². The first-order chi connectivity index (χ1) is 18.4. The second-order valence-corrected chi connectivity index (χ2v) is 10.4. The lowest BCUT2D eigenvalue weighted by atomic mass is 9.43. The molecule has 0 N–H and O–H groups in total. The fraction of sp³-hybridized carbons (Fsp3) is 0. The highest BCUT2D eigenvalue weighted by molar-refractivity contribution is 7.13. The number of hydrogen-bond acceptors (Lipinski definition) is 4. The predicted octanol–water partition coefficient (Wildman–Crippen LogP) is 6.78. The maximum absolute atomic E-state index is 4.65. The summed E-state index contributed by atoms with van der Waals surface area (Å²) in [6.45, 7) is 0.0814. The van der Waals surface area contributed by atoms with Crippen molar-refractivity contribution >= 4 is 40.5 Å². The Morgan fingerprint density at radius 2 is 1.22 bits per heavy atom. The first-order valence-corrected chi connectivity index (χ1v) is 13.3. The third-order valence-electron chi connectivity index (χ3n) is 7.50. The lowest BCUT2D eigenvalue weighted by molar-refractivity contribution is 1.31. The van der Waals surface area contributed by atoms with Gasteiger partial charge in [0.2, 0.25) is 0 Å². The van der Waals surface area contributed by atoms with Crippen molar-refractivity contribution in [1.82, 2.24) is 9.97 Å². The van der Waals surface area contributed by atoms with Gasteiger partial charge in [0, 0.05) is 51.4 Å². The molecule has 0 atom stereocenters. The molecule has 4 heterocycles. The van der Waals surface area contributed by atoms with Gasteiger partial charge in [0.05, 0.1) is 5.69 Å². The third-order valence-corrected chi connectivity index (χ3v) is 8.33. The van der Waals surface area contributed by atoms with E-state index in [-0.39, 0.29) is 6.85 Å². The number of pyridine rings is 1. The zero-order chi connectivity index (χ0) is 24.3. The van der Waals surface area contributed by atoms with E-state index in [9.17, 15) is 0 Å². The van der Waals surface area contributed by atoms with E-state index < -0.39 is 0 Å². The summed E-state index contributed by atoms with van der Waals surface area (Å²) < 4.78 is 0. The van der Waals surface area contributed by atoms with Crippen LogP contribution in [0.5, 0.6) is 0 Å². The average molecular weight is 489 g/mol. The average Bonchev–Trinajstić information content (AvgIpc) is 3.52. The van der Waals surface area contributed by atoms with E-state index in [1.807, 2.05) is 29.9 Å². The lowest BCUT2D eigenvalue weighted by Crippen LogP contribution is -2.59. The van der Waals surface area contributed by atoms with Gasteiger partial charge in [0.15, 0.2) is 0 Å². The second kappa shape index (κ2) is 8.02. The lowest BCUT2D eigenvalue weighted by Gasteiger charge is -2.43. The van der Waals surface area contributed by atoms with Crippen molar-refractivity contribution in [2.45, 2.75) is 0 Å². The van der Waals surface area contributed by atoms with Crippen LogP contribution in [0.3, 0.4) is 0 Å². The van der Waals surface area contributed by atoms with Gasteiger partial charge in [-0.3, -0.25) is 4.98 Å². The topological polar surface area (TPSA) is 29.0 Å². The molecule has 6 aromatic rings. The summed E-state index contributed by atoms with van der Waals surface area (Å²) >= 11 is 1.68. The SMILES string of the molecule is c1ccc(-c2ccc3c(c2)N2B(c4ccccc4-3)c3ccccc3-c3ccc(-c4nccs4)cc32)nc1. The van der Waals surface area contributed by atoms with Crippen molar-refractivity contribution in [3.63, 3.8) is 0 Å². The molecular formula is C32H20BN3S. The number of rotatable bonds is 2. The van der Waals surface area contributed by atoms with Crippen molar-refractivity contribution in [2.24, 2.45) is 0 Å². The van der Waals surface area contributed by atoms with Crippen LogP contribution in [0.25, 0.3) is 44.1 Å². The van der Waals surface area contributed by atoms with Gasteiger partial charge < -0.3 is 4.81 Å². The van der Waals surface area contributed by atoms with E-state index in [4.69, 9.17) is 0 Å². The van der Waals surface area contributed by atoms with Crippen LogP contribution in [0.2, 0.25) is 0 Å². The molecule has 0 spiro atoms. The Bertz CT molecular complexity index is 1800. The molecule has 2 aliphatic rings. The van der Waals surface area contributed by atoms with Crippen LogP contribution in [-0.4, -0.2) is 16.8 Å². The van der Waals surface area contributed by atoms with Crippen molar-refractivity contribution in [3.8, 4) is 44.1 Å². The summed E-state index contributed by atoms with van der Waals surface area (Å²) in [5.41, 5.74) is 13.4. The molecule has 0 saturated carbocycles. The summed E-state index contributed by atoms with van der Waals surface area (Å²) in [6.07, 6.45) is 3.74. The minimum Gasteiger partial charge on any atom is -0.376 e. The van der Waals surface area contributed by atoms with Crippen LogP contribution in [0.1, 0.15) is 0 Å². The molecule has 172 valence electrons. The minimum absolute atomic E-state index is 0.0814. The van der Waals surface area contributed by atoms with Crippen LogP contribution >= 0.6 is 11.3 Å². The Kier molecular flexibility index (Phi) is 4.48. The number of fused-ring (bicyclic) bond motifs is 11. The monoisotopic (exact) mass is 489 g/mol. The number of benzene rings is 4. The van der Waals surface area contributed by atoms with Crippen LogP contribution < -0.4 is 15.7 Å². The first kappa shape index (κ1) is 20.7. The maximum atomic E-state index is 4.65. The quantitative estimate of drug-likeness (QED) is 0.251. The highest BCUT2D eigenvalue weighted by atomic mass is 32.1. The Balaban J connectivity index is 1.45. The Hall–Kier alpha value is -4.48. The second-order valence-electron chi connectivity index (χ2n) is 9.46. The van der Waals surface area contributed by atoms with Gasteiger partial charge in [-0.05, 0) is 46.3 Å². The number of nitrogens with zero attached hydrogens (tertiary/aromatic N) is 3. The van der Waals surface area contributed by atoms with Gasteiger partial charge in [-0.25, -0.2) is 4.98 Å². The van der Waals surface area contributed by atoms with Crippen LogP contribution in [-0.2, 0) is 0 Å². The Morgan fingerprint density at radius 3 is 1.86 bits per heavy atom.